The molecule has 0 fully saturated rings. The number of carbonyl (C=O) groups is 1. The summed E-state index contributed by atoms with van der Waals surface area (Å²) in [7, 11) is 1.70. The Morgan fingerprint density at radius 2 is 2.00 bits per heavy atom. The van der Waals surface area contributed by atoms with Crippen LogP contribution in [0, 0.1) is 0 Å². The molecule has 0 spiro atoms. The van der Waals surface area contributed by atoms with E-state index in [1.165, 1.54) is 36.8 Å². The summed E-state index contributed by atoms with van der Waals surface area (Å²) in [5.41, 5.74) is -0.663. The number of benzene rings is 1. The average molecular weight is 394 g/mol. The molecule has 0 bridgehead atoms. The standard InChI is InChI=1S/C16H13F3N6OS/c1-25-14(12-8-20-6-7-21-12)23-24-15(25)27-9-13(26)22-11-5-3-2-4-10(11)16(17,18)19/h2-8H,9H2,1H3,(H,22,26). The smallest absolute Gasteiger partial charge is 0.325 e. The van der Waals surface area contributed by atoms with Gasteiger partial charge < -0.3 is 9.88 Å². The Bertz CT molecular complexity index is 945. The predicted molar refractivity (Wildman–Crippen MR) is 92.8 cm³/mol. The average Bonchev–Trinajstić information content (AvgIpc) is 3.01. The van der Waals surface area contributed by atoms with Crippen LogP contribution in [0.1, 0.15) is 5.56 Å². The molecule has 0 saturated heterocycles. The number of halogens is 3. The molecular weight excluding hydrogens is 381 g/mol. The van der Waals surface area contributed by atoms with E-state index in [0.717, 1.165) is 17.8 Å². The molecular formula is C16H13F3N6OS. The maximum atomic E-state index is 13.0. The van der Waals surface area contributed by atoms with Crippen molar-refractivity contribution in [3.05, 3.63) is 48.4 Å². The van der Waals surface area contributed by atoms with Gasteiger partial charge in [-0.3, -0.25) is 9.78 Å². The quantitative estimate of drug-likeness (QED) is 0.670. The fraction of sp³-hybridized carbons (Fsp3) is 0.188. The second kappa shape index (κ2) is 7.74. The molecule has 2 heterocycles. The lowest BCUT2D eigenvalue weighted by atomic mass is 10.1. The van der Waals surface area contributed by atoms with Crippen LogP contribution in [0.15, 0.2) is 48.0 Å². The van der Waals surface area contributed by atoms with E-state index < -0.39 is 17.6 Å². The zero-order chi connectivity index (χ0) is 19.4. The third-order valence-corrected chi connectivity index (χ3v) is 4.49. The Kier molecular flexibility index (Phi) is 5.40. The van der Waals surface area contributed by atoms with E-state index in [1.54, 1.807) is 11.6 Å². The van der Waals surface area contributed by atoms with Crippen molar-refractivity contribution in [1.29, 1.82) is 0 Å². The summed E-state index contributed by atoms with van der Waals surface area (Å²) in [5.74, 6) is -0.243. The largest absolute Gasteiger partial charge is 0.418 e. The Labute approximate surface area is 156 Å². The molecule has 1 amide bonds. The minimum absolute atomic E-state index is 0.126. The van der Waals surface area contributed by atoms with Crippen molar-refractivity contribution in [2.75, 3.05) is 11.1 Å². The van der Waals surface area contributed by atoms with Crippen molar-refractivity contribution >= 4 is 23.4 Å². The van der Waals surface area contributed by atoms with Crippen molar-refractivity contribution < 1.29 is 18.0 Å². The molecule has 140 valence electrons. The third-order valence-electron chi connectivity index (χ3n) is 3.47. The summed E-state index contributed by atoms with van der Waals surface area (Å²) in [6.07, 6.45) is 0.0203. The van der Waals surface area contributed by atoms with Crippen LogP contribution >= 0.6 is 11.8 Å². The molecule has 0 aliphatic heterocycles. The number of anilines is 1. The molecule has 11 heteroatoms. The number of aromatic nitrogens is 5. The summed E-state index contributed by atoms with van der Waals surface area (Å²) in [6, 6.07) is 4.81. The molecule has 7 nitrogen and oxygen atoms in total. The second-order valence-electron chi connectivity index (χ2n) is 5.34. The topological polar surface area (TPSA) is 85.6 Å². The Hall–Kier alpha value is -2.95. The minimum atomic E-state index is -4.55. The number of hydrogen-bond acceptors (Lipinski definition) is 6. The second-order valence-corrected chi connectivity index (χ2v) is 6.28. The molecule has 0 aliphatic rings. The van der Waals surface area contributed by atoms with Crippen LogP contribution in [0.25, 0.3) is 11.5 Å². The number of nitrogens with one attached hydrogen (secondary N) is 1. The minimum Gasteiger partial charge on any atom is -0.325 e. The van der Waals surface area contributed by atoms with Crippen LogP contribution in [0.2, 0.25) is 0 Å². The maximum Gasteiger partial charge on any atom is 0.418 e. The molecule has 0 aliphatic carbocycles. The van der Waals surface area contributed by atoms with Crippen molar-refractivity contribution in [3.8, 4) is 11.5 Å². The molecule has 1 N–H and O–H groups in total. The fourth-order valence-electron chi connectivity index (χ4n) is 2.23. The van der Waals surface area contributed by atoms with Gasteiger partial charge in [0.2, 0.25) is 5.91 Å². The lowest BCUT2D eigenvalue weighted by Crippen LogP contribution is -2.18. The van der Waals surface area contributed by atoms with Crippen LogP contribution < -0.4 is 5.32 Å². The Balaban J connectivity index is 1.67. The van der Waals surface area contributed by atoms with Gasteiger partial charge in [0.15, 0.2) is 11.0 Å². The molecule has 3 aromatic rings. The first-order chi connectivity index (χ1) is 12.9. The van der Waals surface area contributed by atoms with E-state index in [1.807, 2.05) is 0 Å². The van der Waals surface area contributed by atoms with Gasteiger partial charge in [-0.15, -0.1) is 10.2 Å². The van der Waals surface area contributed by atoms with Gasteiger partial charge >= 0.3 is 6.18 Å². The van der Waals surface area contributed by atoms with Crippen molar-refractivity contribution in [2.45, 2.75) is 11.3 Å². The molecule has 0 saturated carbocycles. The van der Waals surface area contributed by atoms with Crippen LogP contribution in [0.4, 0.5) is 18.9 Å². The molecule has 0 atom stereocenters. The summed E-state index contributed by atoms with van der Waals surface area (Å²) in [4.78, 5) is 20.2. The number of hydrogen-bond donors (Lipinski definition) is 1. The van der Waals surface area contributed by atoms with Gasteiger partial charge in [-0.2, -0.15) is 13.2 Å². The van der Waals surface area contributed by atoms with E-state index in [9.17, 15) is 18.0 Å². The normalized spacial score (nSPS) is 11.4. The van der Waals surface area contributed by atoms with Gasteiger partial charge in [0.05, 0.1) is 23.2 Å². The van der Waals surface area contributed by atoms with Gasteiger partial charge in [0.1, 0.15) is 5.69 Å². The first-order valence-corrected chi connectivity index (χ1v) is 8.59. The zero-order valence-electron chi connectivity index (χ0n) is 13.9. The lowest BCUT2D eigenvalue weighted by molar-refractivity contribution is -0.137. The van der Waals surface area contributed by atoms with E-state index >= 15 is 0 Å². The van der Waals surface area contributed by atoms with E-state index in [0.29, 0.717) is 16.7 Å². The Morgan fingerprint density at radius 3 is 2.70 bits per heavy atom. The van der Waals surface area contributed by atoms with Gasteiger partial charge in [-0.1, -0.05) is 23.9 Å². The first-order valence-electron chi connectivity index (χ1n) is 7.61. The van der Waals surface area contributed by atoms with E-state index in [-0.39, 0.29) is 11.4 Å². The van der Waals surface area contributed by atoms with Crippen LogP contribution in [-0.2, 0) is 18.0 Å². The summed E-state index contributed by atoms with van der Waals surface area (Å²) >= 11 is 1.05. The van der Waals surface area contributed by atoms with E-state index in [4.69, 9.17) is 0 Å². The third kappa shape index (κ3) is 4.42. The fourth-order valence-corrected chi connectivity index (χ4v) is 2.94. The lowest BCUT2D eigenvalue weighted by Gasteiger charge is -2.13. The monoisotopic (exact) mass is 394 g/mol. The van der Waals surface area contributed by atoms with Crippen LogP contribution in [0.3, 0.4) is 0 Å². The van der Waals surface area contributed by atoms with Crippen molar-refractivity contribution in [2.24, 2.45) is 7.05 Å². The molecule has 27 heavy (non-hydrogen) atoms. The number of rotatable bonds is 5. The molecule has 2 aromatic heterocycles. The highest BCUT2D eigenvalue weighted by Crippen LogP contribution is 2.34. The SMILES string of the molecule is Cn1c(SCC(=O)Nc2ccccc2C(F)(F)F)nnc1-c1cnccn1. The number of thioether (sulfide) groups is 1. The maximum absolute atomic E-state index is 13.0. The predicted octanol–water partition coefficient (Wildman–Crippen LogP) is 3.02. The van der Waals surface area contributed by atoms with Gasteiger partial charge in [0, 0.05) is 19.4 Å². The highest BCUT2D eigenvalue weighted by Gasteiger charge is 2.33. The number of amides is 1. The van der Waals surface area contributed by atoms with Crippen molar-refractivity contribution in [1.82, 2.24) is 24.7 Å². The Morgan fingerprint density at radius 1 is 1.22 bits per heavy atom. The number of alkyl halides is 3. The van der Waals surface area contributed by atoms with Gasteiger partial charge in [-0.05, 0) is 12.1 Å². The summed E-state index contributed by atoms with van der Waals surface area (Å²) < 4.78 is 40.6. The first kappa shape index (κ1) is 18.8. The summed E-state index contributed by atoms with van der Waals surface area (Å²) in [5, 5.41) is 10.7. The summed E-state index contributed by atoms with van der Waals surface area (Å²) in [6.45, 7) is 0. The van der Waals surface area contributed by atoms with E-state index in [2.05, 4.69) is 25.5 Å². The number of para-hydroxylation sites is 1. The molecule has 0 radical (unpaired) electrons. The van der Waals surface area contributed by atoms with Gasteiger partial charge in [-0.25, -0.2) is 4.98 Å². The molecule has 0 unspecified atom stereocenters. The van der Waals surface area contributed by atoms with Crippen molar-refractivity contribution in [3.63, 3.8) is 0 Å². The molecule has 3 rings (SSSR count). The van der Waals surface area contributed by atoms with Crippen LogP contribution in [-0.4, -0.2) is 36.4 Å². The van der Waals surface area contributed by atoms with Gasteiger partial charge in [0.25, 0.3) is 0 Å². The zero-order valence-corrected chi connectivity index (χ0v) is 14.8. The number of carbonyl (C=O) groups excluding carboxylic acids is 1. The number of nitrogens with zero attached hydrogens (tertiary/aromatic N) is 5. The molecule has 1 aromatic carbocycles. The highest BCUT2D eigenvalue weighted by atomic mass is 32.2. The van der Waals surface area contributed by atoms with Crippen LogP contribution in [0.5, 0.6) is 0 Å². The highest BCUT2D eigenvalue weighted by molar-refractivity contribution is 7.99.